The maximum atomic E-state index is 5.91. The monoisotopic (exact) mass is 290 g/mol. The lowest BCUT2D eigenvalue weighted by Crippen LogP contribution is -2.25. The number of hydrogen-bond donors (Lipinski definition) is 1. The molecule has 0 radical (unpaired) electrons. The second-order valence-electron chi connectivity index (χ2n) is 8.04. The minimum atomic E-state index is 0.430. The summed E-state index contributed by atoms with van der Waals surface area (Å²) in [4.78, 5) is 2.59. The van der Waals surface area contributed by atoms with Gasteiger partial charge in [-0.05, 0) is 50.1 Å². The van der Waals surface area contributed by atoms with Gasteiger partial charge in [0.05, 0.1) is 6.54 Å². The summed E-state index contributed by atoms with van der Waals surface area (Å²) in [5, 5.41) is 3.53. The highest BCUT2D eigenvalue weighted by molar-refractivity contribution is 5.21. The zero-order chi connectivity index (χ0) is 15.0. The summed E-state index contributed by atoms with van der Waals surface area (Å²) in [6, 6.07) is 3.00. The predicted octanol–water partition coefficient (Wildman–Crippen LogP) is 3.71. The van der Waals surface area contributed by atoms with E-state index in [1.165, 1.54) is 37.9 Å². The van der Waals surface area contributed by atoms with Crippen molar-refractivity contribution in [2.45, 2.75) is 66.1 Å². The first-order valence-electron chi connectivity index (χ1n) is 8.46. The van der Waals surface area contributed by atoms with Crippen LogP contribution in [0.2, 0.25) is 0 Å². The average molecular weight is 290 g/mol. The summed E-state index contributed by atoms with van der Waals surface area (Å²) in [6.45, 7) is 13.6. The SMILES string of the molecule is Cc1oc(CNC2CC2)cc1CN1CCC(C(C)(C)C)C1. The molecular weight excluding hydrogens is 260 g/mol. The molecule has 2 heterocycles. The van der Waals surface area contributed by atoms with Crippen LogP contribution >= 0.6 is 0 Å². The van der Waals surface area contributed by atoms with Gasteiger partial charge < -0.3 is 9.73 Å². The molecule has 1 atom stereocenters. The normalized spacial score (nSPS) is 23.9. The third-order valence-electron chi connectivity index (χ3n) is 5.11. The Bertz CT molecular complexity index is 482. The predicted molar refractivity (Wildman–Crippen MR) is 86.1 cm³/mol. The average Bonchev–Trinajstić information content (AvgIpc) is 2.99. The summed E-state index contributed by atoms with van der Waals surface area (Å²) >= 11 is 0. The van der Waals surface area contributed by atoms with Gasteiger partial charge in [-0.1, -0.05) is 20.8 Å². The lowest BCUT2D eigenvalue weighted by atomic mass is 9.80. The third kappa shape index (κ3) is 3.89. The fraction of sp³-hybridized carbons (Fsp3) is 0.778. The summed E-state index contributed by atoms with van der Waals surface area (Å²) in [7, 11) is 0. The molecule has 0 spiro atoms. The molecule has 3 nitrogen and oxygen atoms in total. The van der Waals surface area contributed by atoms with Gasteiger partial charge in [0.2, 0.25) is 0 Å². The Balaban J connectivity index is 1.55. The highest BCUT2D eigenvalue weighted by Crippen LogP contribution is 2.34. The van der Waals surface area contributed by atoms with Gasteiger partial charge in [0, 0.05) is 24.7 Å². The van der Waals surface area contributed by atoms with Gasteiger partial charge in [-0.25, -0.2) is 0 Å². The standard InChI is InChI=1S/C18H30N2O/c1-13-14(9-17(21-13)10-19-16-5-6-16)11-20-8-7-15(12-20)18(2,3)4/h9,15-16,19H,5-8,10-12H2,1-4H3. The van der Waals surface area contributed by atoms with Gasteiger partial charge in [-0.2, -0.15) is 0 Å². The topological polar surface area (TPSA) is 28.4 Å². The van der Waals surface area contributed by atoms with Crippen LogP contribution in [-0.2, 0) is 13.1 Å². The highest BCUT2D eigenvalue weighted by atomic mass is 16.3. The van der Waals surface area contributed by atoms with Gasteiger partial charge >= 0.3 is 0 Å². The molecule has 3 rings (SSSR count). The fourth-order valence-electron chi connectivity index (χ4n) is 3.29. The second-order valence-corrected chi connectivity index (χ2v) is 8.04. The van der Waals surface area contributed by atoms with E-state index < -0.39 is 0 Å². The molecule has 1 aromatic heterocycles. The fourth-order valence-corrected chi connectivity index (χ4v) is 3.29. The Hall–Kier alpha value is -0.800. The minimum Gasteiger partial charge on any atom is -0.465 e. The number of rotatable bonds is 5. The van der Waals surface area contributed by atoms with Gasteiger partial charge in [0.15, 0.2) is 0 Å². The van der Waals surface area contributed by atoms with Crippen LogP contribution in [0.3, 0.4) is 0 Å². The van der Waals surface area contributed by atoms with Crippen LogP contribution in [0.1, 0.15) is 57.1 Å². The molecule has 0 aromatic carbocycles. The van der Waals surface area contributed by atoms with Crippen molar-refractivity contribution in [2.75, 3.05) is 13.1 Å². The molecule has 1 aliphatic carbocycles. The van der Waals surface area contributed by atoms with Crippen molar-refractivity contribution in [1.29, 1.82) is 0 Å². The summed E-state index contributed by atoms with van der Waals surface area (Å²) < 4.78 is 5.91. The van der Waals surface area contributed by atoms with Crippen molar-refractivity contribution in [3.8, 4) is 0 Å². The van der Waals surface area contributed by atoms with Crippen LogP contribution < -0.4 is 5.32 Å². The van der Waals surface area contributed by atoms with E-state index in [-0.39, 0.29) is 0 Å². The van der Waals surface area contributed by atoms with E-state index in [1.54, 1.807) is 0 Å². The zero-order valence-corrected chi connectivity index (χ0v) is 14.0. The molecule has 0 amide bonds. The molecule has 0 bridgehead atoms. The number of nitrogens with one attached hydrogen (secondary N) is 1. The van der Waals surface area contributed by atoms with E-state index in [4.69, 9.17) is 4.42 Å². The molecule has 2 aliphatic rings. The first kappa shape index (κ1) is 15.1. The number of hydrogen-bond acceptors (Lipinski definition) is 3. The number of likely N-dealkylation sites (tertiary alicyclic amines) is 1. The summed E-state index contributed by atoms with van der Waals surface area (Å²) in [5.74, 6) is 3.02. The molecular formula is C18H30N2O. The maximum Gasteiger partial charge on any atom is 0.118 e. The molecule has 1 N–H and O–H groups in total. The van der Waals surface area contributed by atoms with Gasteiger partial charge in [-0.15, -0.1) is 0 Å². The second kappa shape index (κ2) is 5.77. The van der Waals surface area contributed by atoms with Crippen LogP contribution in [0, 0.1) is 18.3 Å². The van der Waals surface area contributed by atoms with E-state index in [2.05, 4.69) is 44.0 Å². The number of nitrogens with zero attached hydrogens (tertiary/aromatic N) is 1. The van der Waals surface area contributed by atoms with Gasteiger partial charge in [0.25, 0.3) is 0 Å². The van der Waals surface area contributed by atoms with Crippen molar-refractivity contribution in [3.63, 3.8) is 0 Å². The van der Waals surface area contributed by atoms with Crippen LogP contribution in [0.4, 0.5) is 0 Å². The zero-order valence-electron chi connectivity index (χ0n) is 14.0. The molecule has 1 saturated heterocycles. The lowest BCUT2D eigenvalue weighted by molar-refractivity contribution is 0.226. The molecule has 3 heteroatoms. The molecule has 21 heavy (non-hydrogen) atoms. The van der Waals surface area contributed by atoms with Crippen LogP contribution in [-0.4, -0.2) is 24.0 Å². The van der Waals surface area contributed by atoms with Crippen molar-refractivity contribution >= 4 is 0 Å². The summed E-state index contributed by atoms with van der Waals surface area (Å²) in [5.41, 5.74) is 1.80. The Morgan fingerprint density at radius 1 is 1.29 bits per heavy atom. The quantitative estimate of drug-likeness (QED) is 0.896. The molecule has 2 fully saturated rings. The largest absolute Gasteiger partial charge is 0.465 e. The Morgan fingerprint density at radius 2 is 2.05 bits per heavy atom. The minimum absolute atomic E-state index is 0.430. The Kier molecular flexibility index (Phi) is 4.15. The van der Waals surface area contributed by atoms with E-state index >= 15 is 0 Å². The third-order valence-corrected chi connectivity index (χ3v) is 5.11. The molecule has 1 aromatic rings. The van der Waals surface area contributed by atoms with Crippen LogP contribution in [0.5, 0.6) is 0 Å². The van der Waals surface area contributed by atoms with E-state index in [9.17, 15) is 0 Å². The van der Waals surface area contributed by atoms with Crippen molar-refractivity contribution in [3.05, 3.63) is 23.2 Å². The van der Waals surface area contributed by atoms with Crippen molar-refractivity contribution < 1.29 is 4.42 Å². The summed E-state index contributed by atoms with van der Waals surface area (Å²) in [6.07, 6.45) is 3.99. The highest BCUT2D eigenvalue weighted by Gasteiger charge is 2.32. The molecule has 1 unspecified atom stereocenters. The Morgan fingerprint density at radius 3 is 2.67 bits per heavy atom. The maximum absolute atomic E-state index is 5.91. The first-order chi connectivity index (χ1) is 9.91. The van der Waals surface area contributed by atoms with E-state index in [0.717, 1.165) is 36.6 Å². The number of furan rings is 1. The smallest absolute Gasteiger partial charge is 0.118 e. The first-order valence-corrected chi connectivity index (χ1v) is 8.46. The van der Waals surface area contributed by atoms with E-state index in [1.807, 2.05) is 0 Å². The Labute approximate surface area is 129 Å². The molecule has 118 valence electrons. The van der Waals surface area contributed by atoms with Gasteiger partial charge in [0.1, 0.15) is 11.5 Å². The molecule has 1 aliphatic heterocycles. The van der Waals surface area contributed by atoms with Gasteiger partial charge in [-0.3, -0.25) is 4.90 Å². The van der Waals surface area contributed by atoms with E-state index in [0.29, 0.717) is 5.41 Å². The number of aryl methyl sites for hydroxylation is 1. The van der Waals surface area contributed by atoms with Crippen molar-refractivity contribution in [1.82, 2.24) is 10.2 Å². The van der Waals surface area contributed by atoms with Crippen LogP contribution in [0.25, 0.3) is 0 Å². The van der Waals surface area contributed by atoms with Crippen LogP contribution in [0.15, 0.2) is 10.5 Å². The lowest BCUT2D eigenvalue weighted by Gasteiger charge is -2.27. The molecule has 1 saturated carbocycles. The van der Waals surface area contributed by atoms with Crippen molar-refractivity contribution in [2.24, 2.45) is 11.3 Å².